The van der Waals surface area contributed by atoms with Crippen LogP contribution in [0.15, 0.2) is 12.1 Å². The maximum absolute atomic E-state index is 13.5. The van der Waals surface area contributed by atoms with Crippen molar-refractivity contribution < 1.29 is 13.2 Å². The standard InChI is InChI=1S/C14H19F3N2/c1-9(6-11-4-2-3-5-18-11)19-14-12(16)7-10(15)8-13(14)17/h7-9,11,18-19H,2-6H2,1H3. The van der Waals surface area contributed by atoms with Crippen LogP contribution in [0.5, 0.6) is 0 Å². The number of nitrogens with one attached hydrogen (secondary N) is 2. The van der Waals surface area contributed by atoms with E-state index in [1.54, 1.807) is 0 Å². The van der Waals surface area contributed by atoms with Crippen molar-refractivity contribution in [3.05, 3.63) is 29.6 Å². The average molecular weight is 272 g/mol. The minimum Gasteiger partial charge on any atom is -0.378 e. The molecule has 1 fully saturated rings. The van der Waals surface area contributed by atoms with Gasteiger partial charge >= 0.3 is 0 Å². The highest BCUT2D eigenvalue weighted by Crippen LogP contribution is 2.22. The first-order valence-electron chi connectivity index (χ1n) is 6.70. The molecule has 19 heavy (non-hydrogen) atoms. The van der Waals surface area contributed by atoms with E-state index in [4.69, 9.17) is 0 Å². The highest BCUT2D eigenvalue weighted by Gasteiger charge is 2.18. The fraction of sp³-hybridized carbons (Fsp3) is 0.571. The Bertz CT molecular complexity index is 408. The number of hydrogen-bond acceptors (Lipinski definition) is 2. The smallest absolute Gasteiger partial charge is 0.152 e. The van der Waals surface area contributed by atoms with Gasteiger partial charge in [-0.3, -0.25) is 0 Å². The highest BCUT2D eigenvalue weighted by molar-refractivity contribution is 5.47. The minimum atomic E-state index is -0.901. The number of benzene rings is 1. The SMILES string of the molecule is CC(CC1CCCCN1)Nc1c(F)cc(F)cc1F. The molecule has 106 valence electrons. The second-order valence-corrected chi connectivity index (χ2v) is 5.17. The molecule has 0 bridgehead atoms. The molecule has 1 aliphatic rings. The van der Waals surface area contributed by atoms with Gasteiger partial charge in [0.15, 0.2) is 11.6 Å². The predicted octanol–water partition coefficient (Wildman–Crippen LogP) is 3.44. The molecule has 0 aliphatic carbocycles. The molecule has 2 rings (SSSR count). The van der Waals surface area contributed by atoms with E-state index in [9.17, 15) is 13.2 Å². The number of piperidine rings is 1. The summed E-state index contributed by atoms with van der Waals surface area (Å²) in [6, 6.07) is 1.68. The largest absolute Gasteiger partial charge is 0.378 e. The van der Waals surface area contributed by atoms with Crippen molar-refractivity contribution in [2.45, 2.75) is 44.7 Å². The van der Waals surface area contributed by atoms with Gasteiger partial charge in [-0.2, -0.15) is 0 Å². The second-order valence-electron chi connectivity index (χ2n) is 5.17. The van der Waals surface area contributed by atoms with Crippen LogP contribution in [-0.2, 0) is 0 Å². The van der Waals surface area contributed by atoms with Gasteiger partial charge in [0.1, 0.15) is 11.5 Å². The van der Waals surface area contributed by atoms with Crippen molar-refractivity contribution in [3.8, 4) is 0 Å². The molecular formula is C14H19F3N2. The zero-order valence-electron chi connectivity index (χ0n) is 11.0. The average Bonchev–Trinajstić information content (AvgIpc) is 2.35. The maximum atomic E-state index is 13.5. The summed E-state index contributed by atoms with van der Waals surface area (Å²) in [7, 11) is 0. The Kier molecular flexibility index (Phi) is 4.69. The summed E-state index contributed by atoms with van der Waals surface area (Å²) in [4.78, 5) is 0. The summed E-state index contributed by atoms with van der Waals surface area (Å²) in [5.74, 6) is -2.68. The molecule has 0 saturated carbocycles. The van der Waals surface area contributed by atoms with E-state index in [1.165, 1.54) is 12.8 Å². The first-order valence-corrected chi connectivity index (χ1v) is 6.70. The minimum absolute atomic E-state index is 0.0786. The lowest BCUT2D eigenvalue weighted by molar-refractivity contribution is 0.370. The molecule has 0 aromatic heterocycles. The van der Waals surface area contributed by atoms with Gasteiger partial charge in [-0.1, -0.05) is 6.42 Å². The van der Waals surface area contributed by atoms with Crippen LogP contribution >= 0.6 is 0 Å². The molecule has 0 radical (unpaired) electrons. The lowest BCUT2D eigenvalue weighted by Crippen LogP contribution is -2.37. The third kappa shape index (κ3) is 3.86. The van der Waals surface area contributed by atoms with E-state index in [1.807, 2.05) is 6.92 Å². The van der Waals surface area contributed by atoms with Crippen molar-refractivity contribution in [2.24, 2.45) is 0 Å². The molecule has 5 heteroatoms. The summed E-state index contributed by atoms with van der Waals surface area (Å²) in [6.07, 6.45) is 4.24. The zero-order valence-corrected chi connectivity index (χ0v) is 11.0. The van der Waals surface area contributed by atoms with E-state index in [-0.39, 0.29) is 11.7 Å². The highest BCUT2D eigenvalue weighted by atomic mass is 19.1. The van der Waals surface area contributed by atoms with Gasteiger partial charge < -0.3 is 10.6 Å². The lowest BCUT2D eigenvalue weighted by Gasteiger charge is -2.27. The van der Waals surface area contributed by atoms with Crippen LogP contribution in [0.3, 0.4) is 0 Å². The Morgan fingerprint density at radius 2 is 1.95 bits per heavy atom. The summed E-state index contributed by atoms with van der Waals surface area (Å²) >= 11 is 0. The fourth-order valence-corrected chi connectivity index (χ4v) is 2.54. The molecule has 1 aromatic rings. The van der Waals surface area contributed by atoms with Crippen molar-refractivity contribution >= 4 is 5.69 Å². The van der Waals surface area contributed by atoms with Crippen LogP contribution in [-0.4, -0.2) is 18.6 Å². The number of hydrogen-bond donors (Lipinski definition) is 2. The summed E-state index contributed by atoms with van der Waals surface area (Å²) < 4.78 is 39.8. The summed E-state index contributed by atoms with van der Waals surface area (Å²) in [6.45, 7) is 2.87. The van der Waals surface area contributed by atoms with Crippen molar-refractivity contribution in [1.82, 2.24) is 5.32 Å². The van der Waals surface area contributed by atoms with Crippen LogP contribution in [0.25, 0.3) is 0 Å². The molecule has 1 aliphatic heterocycles. The topological polar surface area (TPSA) is 24.1 Å². The van der Waals surface area contributed by atoms with Gasteiger partial charge in [-0.25, -0.2) is 13.2 Å². The first-order chi connectivity index (χ1) is 9.06. The number of anilines is 1. The molecular weight excluding hydrogens is 253 g/mol. The molecule has 2 atom stereocenters. The van der Waals surface area contributed by atoms with Crippen LogP contribution < -0.4 is 10.6 Å². The summed E-state index contributed by atoms with van der Waals surface area (Å²) in [5.41, 5.74) is -0.246. The Morgan fingerprint density at radius 3 is 2.53 bits per heavy atom. The molecule has 2 nitrogen and oxygen atoms in total. The Hall–Kier alpha value is -1.23. The third-order valence-electron chi connectivity index (χ3n) is 3.45. The quantitative estimate of drug-likeness (QED) is 0.877. The van der Waals surface area contributed by atoms with E-state index < -0.39 is 17.5 Å². The molecule has 0 spiro atoms. The van der Waals surface area contributed by atoms with Crippen LogP contribution in [0, 0.1) is 17.5 Å². The van der Waals surface area contributed by atoms with E-state index in [2.05, 4.69) is 10.6 Å². The van der Waals surface area contributed by atoms with Crippen LogP contribution in [0.2, 0.25) is 0 Å². The molecule has 0 amide bonds. The molecule has 2 unspecified atom stereocenters. The Labute approximate surface area is 111 Å². The van der Waals surface area contributed by atoms with Gasteiger partial charge in [0.25, 0.3) is 0 Å². The molecule has 1 aromatic carbocycles. The van der Waals surface area contributed by atoms with Crippen molar-refractivity contribution in [3.63, 3.8) is 0 Å². The fourth-order valence-electron chi connectivity index (χ4n) is 2.54. The van der Waals surface area contributed by atoms with Gasteiger partial charge in [0.2, 0.25) is 0 Å². The van der Waals surface area contributed by atoms with Gasteiger partial charge in [0.05, 0.1) is 0 Å². The van der Waals surface area contributed by atoms with Crippen molar-refractivity contribution in [2.75, 3.05) is 11.9 Å². The van der Waals surface area contributed by atoms with E-state index >= 15 is 0 Å². The summed E-state index contributed by atoms with van der Waals surface area (Å²) in [5, 5.41) is 6.18. The van der Waals surface area contributed by atoms with E-state index in [0.717, 1.165) is 19.4 Å². The van der Waals surface area contributed by atoms with Crippen LogP contribution in [0.4, 0.5) is 18.9 Å². The maximum Gasteiger partial charge on any atom is 0.152 e. The molecule has 1 saturated heterocycles. The van der Waals surface area contributed by atoms with Crippen molar-refractivity contribution in [1.29, 1.82) is 0 Å². The molecule has 2 N–H and O–H groups in total. The first kappa shape index (κ1) is 14.2. The molecule has 1 heterocycles. The predicted molar refractivity (Wildman–Crippen MR) is 69.7 cm³/mol. The zero-order chi connectivity index (χ0) is 13.8. The second kappa shape index (κ2) is 6.28. The monoisotopic (exact) mass is 272 g/mol. The van der Waals surface area contributed by atoms with Gasteiger partial charge in [-0.15, -0.1) is 0 Å². The Balaban J connectivity index is 1.96. The normalized spacial score (nSPS) is 21.2. The van der Waals surface area contributed by atoms with Gasteiger partial charge in [-0.05, 0) is 32.7 Å². The van der Waals surface area contributed by atoms with Gasteiger partial charge in [0, 0.05) is 24.2 Å². The van der Waals surface area contributed by atoms with E-state index in [0.29, 0.717) is 18.2 Å². The number of rotatable bonds is 4. The Morgan fingerprint density at radius 1 is 1.26 bits per heavy atom. The third-order valence-corrected chi connectivity index (χ3v) is 3.45. The van der Waals surface area contributed by atoms with Crippen LogP contribution in [0.1, 0.15) is 32.6 Å². The lowest BCUT2D eigenvalue weighted by atomic mass is 9.98. The number of halogens is 3.